The molecule has 0 aromatic rings. The maximum atomic E-state index is 12.9. The van der Waals surface area contributed by atoms with E-state index in [1.54, 1.807) is 0 Å². The predicted octanol–water partition coefficient (Wildman–Crippen LogP) is 7.48. The molecule has 0 fully saturated rings. The summed E-state index contributed by atoms with van der Waals surface area (Å²) in [4.78, 5) is 24.4. The van der Waals surface area contributed by atoms with Crippen molar-refractivity contribution in [2.75, 3.05) is 0 Å². The van der Waals surface area contributed by atoms with Crippen molar-refractivity contribution in [2.24, 2.45) is 17.3 Å². The summed E-state index contributed by atoms with van der Waals surface area (Å²) in [6.45, 7) is 16.3. The third-order valence-electron chi connectivity index (χ3n) is 6.12. The van der Waals surface area contributed by atoms with E-state index in [2.05, 4.69) is 27.7 Å². The predicted molar refractivity (Wildman–Crippen MR) is 125 cm³/mol. The summed E-state index contributed by atoms with van der Waals surface area (Å²) in [6, 6.07) is 0. The first-order chi connectivity index (χ1) is 14.0. The molecule has 0 heterocycles. The molecule has 4 nitrogen and oxygen atoms in total. The van der Waals surface area contributed by atoms with Crippen LogP contribution in [0.3, 0.4) is 0 Å². The molecule has 0 aliphatic rings. The van der Waals surface area contributed by atoms with Crippen LogP contribution in [0.4, 0.5) is 0 Å². The molecule has 4 heteroatoms. The van der Waals surface area contributed by atoms with Crippen molar-refractivity contribution >= 4 is 11.9 Å². The summed E-state index contributed by atoms with van der Waals surface area (Å²) in [5, 5.41) is 0. The van der Waals surface area contributed by atoms with Crippen molar-refractivity contribution in [1.29, 1.82) is 0 Å². The van der Waals surface area contributed by atoms with E-state index >= 15 is 0 Å². The van der Waals surface area contributed by atoms with E-state index in [0.29, 0.717) is 6.42 Å². The van der Waals surface area contributed by atoms with Crippen LogP contribution in [0.5, 0.6) is 0 Å². The molecule has 0 atom stereocenters. The minimum Gasteiger partial charge on any atom is -0.463 e. The summed E-state index contributed by atoms with van der Waals surface area (Å²) in [6.07, 6.45) is 11.9. The molecule has 0 aliphatic carbocycles. The van der Waals surface area contributed by atoms with E-state index in [0.717, 1.165) is 25.7 Å². The van der Waals surface area contributed by atoms with Crippen LogP contribution in [0.25, 0.3) is 0 Å². The van der Waals surface area contributed by atoms with Gasteiger partial charge in [-0.25, -0.2) is 0 Å². The highest BCUT2D eigenvalue weighted by Crippen LogP contribution is 2.42. The van der Waals surface area contributed by atoms with Gasteiger partial charge in [0.05, 0.1) is 17.6 Å². The fourth-order valence-corrected chi connectivity index (χ4v) is 4.39. The molecule has 0 bridgehead atoms. The summed E-state index contributed by atoms with van der Waals surface area (Å²) in [5.74, 6) is 0.476. The Morgan fingerprint density at radius 3 is 1.40 bits per heavy atom. The van der Waals surface area contributed by atoms with Crippen LogP contribution < -0.4 is 0 Å². The molecule has 0 rings (SSSR count). The summed E-state index contributed by atoms with van der Waals surface area (Å²) in [5.41, 5.74) is -0.374. The Labute approximate surface area is 186 Å². The average Bonchev–Trinajstić information content (AvgIpc) is 2.60. The van der Waals surface area contributed by atoms with Gasteiger partial charge in [-0.15, -0.1) is 0 Å². The number of rotatable bonds is 17. The molecule has 0 aromatic heterocycles. The Hall–Kier alpha value is -1.06. The number of hydrogen-bond acceptors (Lipinski definition) is 4. The normalized spacial score (nSPS) is 12.3. The van der Waals surface area contributed by atoms with Crippen LogP contribution in [0.2, 0.25) is 0 Å². The minimum absolute atomic E-state index is 0.00964. The summed E-state index contributed by atoms with van der Waals surface area (Å²) >= 11 is 0. The SMILES string of the molecule is CC(C)OC(=O)CCCCCCCCCCCC(C(=O)OC(C)C)(C(C)C)C(C)C. The van der Waals surface area contributed by atoms with Gasteiger partial charge in [-0.2, -0.15) is 0 Å². The lowest BCUT2D eigenvalue weighted by Crippen LogP contribution is -2.43. The van der Waals surface area contributed by atoms with Crippen molar-refractivity contribution < 1.29 is 19.1 Å². The first kappa shape index (κ1) is 28.9. The molecule has 0 saturated heterocycles. The van der Waals surface area contributed by atoms with Gasteiger partial charge in [-0.05, 0) is 52.4 Å². The summed E-state index contributed by atoms with van der Waals surface area (Å²) in [7, 11) is 0. The van der Waals surface area contributed by atoms with Gasteiger partial charge >= 0.3 is 11.9 Å². The van der Waals surface area contributed by atoms with Gasteiger partial charge in [0, 0.05) is 6.42 Å². The van der Waals surface area contributed by atoms with Crippen LogP contribution in [-0.2, 0) is 19.1 Å². The maximum Gasteiger partial charge on any atom is 0.312 e. The third-order valence-corrected chi connectivity index (χ3v) is 6.12. The number of hydrogen-bond donors (Lipinski definition) is 0. The Morgan fingerprint density at radius 2 is 1.00 bits per heavy atom. The van der Waals surface area contributed by atoms with E-state index < -0.39 is 0 Å². The third kappa shape index (κ3) is 11.4. The highest BCUT2D eigenvalue weighted by molar-refractivity contribution is 5.77. The first-order valence-electron chi connectivity index (χ1n) is 12.4. The van der Waals surface area contributed by atoms with E-state index in [4.69, 9.17) is 9.47 Å². The van der Waals surface area contributed by atoms with Crippen LogP contribution >= 0.6 is 0 Å². The smallest absolute Gasteiger partial charge is 0.312 e. The highest BCUT2D eigenvalue weighted by Gasteiger charge is 2.45. The zero-order chi connectivity index (χ0) is 23.2. The molecule has 0 aromatic carbocycles. The second-order valence-electron chi connectivity index (χ2n) is 10.0. The fraction of sp³-hybridized carbons (Fsp3) is 0.923. The van der Waals surface area contributed by atoms with Gasteiger partial charge in [0.1, 0.15) is 0 Å². The highest BCUT2D eigenvalue weighted by atomic mass is 16.5. The van der Waals surface area contributed by atoms with Gasteiger partial charge in [-0.1, -0.05) is 79.1 Å². The zero-order valence-electron chi connectivity index (χ0n) is 21.2. The summed E-state index contributed by atoms with van der Waals surface area (Å²) < 4.78 is 10.8. The molecule has 0 spiro atoms. The van der Waals surface area contributed by atoms with Crippen LogP contribution in [0, 0.1) is 17.3 Å². The fourth-order valence-electron chi connectivity index (χ4n) is 4.39. The first-order valence-corrected chi connectivity index (χ1v) is 12.4. The van der Waals surface area contributed by atoms with Crippen molar-refractivity contribution in [3.63, 3.8) is 0 Å². The Kier molecular flexibility index (Phi) is 15.1. The number of carbonyl (C=O) groups is 2. The second-order valence-corrected chi connectivity index (χ2v) is 10.0. The number of carbonyl (C=O) groups excluding carboxylic acids is 2. The van der Waals surface area contributed by atoms with Gasteiger partial charge in [-0.3, -0.25) is 9.59 Å². The van der Waals surface area contributed by atoms with Crippen molar-refractivity contribution in [1.82, 2.24) is 0 Å². The lowest BCUT2D eigenvalue weighted by molar-refractivity contribution is -0.167. The van der Waals surface area contributed by atoms with Gasteiger partial charge in [0.2, 0.25) is 0 Å². The second kappa shape index (κ2) is 15.7. The van der Waals surface area contributed by atoms with Gasteiger partial charge in [0.15, 0.2) is 0 Å². The Bertz CT molecular complexity index is 458. The molecular weight excluding hydrogens is 376 g/mol. The van der Waals surface area contributed by atoms with Gasteiger partial charge in [0.25, 0.3) is 0 Å². The minimum atomic E-state index is -0.374. The Morgan fingerprint density at radius 1 is 0.600 bits per heavy atom. The van der Waals surface area contributed by atoms with E-state index in [9.17, 15) is 9.59 Å². The van der Waals surface area contributed by atoms with E-state index in [-0.39, 0.29) is 41.4 Å². The van der Waals surface area contributed by atoms with Crippen LogP contribution in [0.15, 0.2) is 0 Å². The topological polar surface area (TPSA) is 52.6 Å². The molecule has 0 unspecified atom stereocenters. The lowest BCUT2D eigenvalue weighted by atomic mass is 9.66. The Balaban J connectivity index is 4.03. The van der Waals surface area contributed by atoms with Crippen molar-refractivity contribution in [3.05, 3.63) is 0 Å². The van der Waals surface area contributed by atoms with Gasteiger partial charge < -0.3 is 9.47 Å². The standard InChI is InChI=1S/C26H50O4/c1-20(2)26(21(3)4,25(28)30-23(7)8)19-17-15-13-11-9-10-12-14-16-18-24(27)29-22(5)6/h20-23H,9-19H2,1-8H3. The molecule has 0 N–H and O–H groups in total. The van der Waals surface area contributed by atoms with Crippen molar-refractivity contribution in [2.45, 2.75) is 138 Å². The molecule has 0 saturated carbocycles. The molecule has 0 amide bonds. The molecule has 178 valence electrons. The lowest BCUT2D eigenvalue weighted by Gasteiger charge is -2.39. The maximum absolute atomic E-state index is 12.9. The van der Waals surface area contributed by atoms with E-state index in [1.165, 1.54) is 38.5 Å². The monoisotopic (exact) mass is 426 g/mol. The molecule has 0 radical (unpaired) electrons. The quantitative estimate of drug-likeness (QED) is 0.179. The molecule has 30 heavy (non-hydrogen) atoms. The molecular formula is C26H50O4. The number of unbranched alkanes of at least 4 members (excludes halogenated alkanes) is 8. The van der Waals surface area contributed by atoms with Crippen LogP contribution in [0.1, 0.15) is 126 Å². The van der Waals surface area contributed by atoms with Crippen molar-refractivity contribution in [3.8, 4) is 0 Å². The zero-order valence-corrected chi connectivity index (χ0v) is 21.2. The average molecular weight is 427 g/mol. The number of esters is 2. The largest absolute Gasteiger partial charge is 0.463 e. The van der Waals surface area contributed by atoms with E-state index in [1.807, 2.05) is 27.7 Å². The number of ether oxygens (including phenoxy) is 2. The molecule has 0 aliphatic heterocycles. The van der Waals surface area contributed by atoms with Crippen LogP contribution in [-0.4, -0.2) is 24.1 Å².